The first-order valence-corrected chi connectivity index (χ1v) is 7.64. The Hall–Kier alpha value is -4.08. The molecule has 2 aromatic carbocycles. The summed E-state index contributed by atoms with van der Waals surface area (Å²) in [5.41, 5.74) is 0.358. The van der Waals surface area contributed by atoms with Crippen molar-refractivity contribution in [2.24, 2.45) is 4.99 Å². The minimum Gasteiger partial charge on any atom is -0.410 e. The first-order chi connectivity index (χ1) is 13.0. The van der Waals surface area contributed by atoms with Gasteiger partial charge in [0.1, 0.15) is 5.75 Å². The van der Waals surface area contributed by atoms with Crippen LogP contribution in [-0.2, 0) is 0 Å². The quantitative estimate of drug-likeness (QED) is 0.599. The highest BCUT2D eigenvalue weighted by Crippen LogP contribution is 2.28. The van der Waals surface area contributed by atoms with E-state index in [1.807, 2.05) is 0 Å². The van der Waals surface area contributed by atoms with Crippen molar-refractivity contribution >= 4 is 23.7 Å². The van der Waals surface area contributed by atoms with Gasteiger partial charge in [-0.1, -0.05) is 0 Å². The molecule has 0 aromatic heterocycles. The molecular weight excluding hydrogens is 356 g/mol. The van der Waals surface area contributed by atoms with E-state index in [2.05, 4.69) is 4.99 Å². The molecule has 1 unspecified atom stereocenters. The molecule has 0 N–H and O–H groups in total. The molecule has 3 rings (SSSR count). The summed E-state index contributed by atoms with van der Waals surface area (Å²) in [4.78, 5) is 38.3. The third-order valence-electron chi connectivity index (χ3n) is 3.69. The van der Waals surface area contributed by atoms with Crippen molar-refractivity contribution in [3.8, 4) is 5.75 Å². The number of rotatable bonds is 4. The Bertz CT molecular complexity index is 937. The maximum atomic E-state index is 12.5. The highest BCUT2D eigenvalue weighted by atomic mass is 16.6. The molecule has 1 amide bonds. The first kappa shape index (κ1) is 17.7. The summed E-state index contributed by atoms with van der Waals surface area (Å²) in [5, 5.41) is 21.4. The first-order valence-electron chi connectivity index (χ1n) is 7.64. The van der Waals surface area contributed by atoms with Crippen LogP contribution in [0.25, 0.3) is 0 Å². The number of non-ortho nitro benzene ring substituents is 2. The number of nitro benzene ring substituents is 2. The zero-order chi connectivity index (χ0) is 19.4. The summed E-state index contributed by atoms with van der Waals surface area (Å²) in [5.74, 6) is 0.135. The van der Waals surface area contributed by atoms with E-state index in [-0.39, 0.29) is 17.1 Å². The molecule has 1 heterocycles. The monoisotopic (exact) mass is 368 g/mol. The van der Waals surface area contributed by atoms with Crippen LogP contribution >= 0.6 is 0 Å². The third-order valence-corrected chi connectivity index (χ3v) is 3.69. The van der Waals surface area contributed by atoms with Gasteiger partial charge in [-0.15, -0.1) is 0 Å². The van der Waals surface area contributed by atoms with Crippen LogP contribution in [-0.4, -0.2) is 27.1 Å². The molecule has 1 atom stereocenters. The van der Waals surface area contributed by atoms with Crippen LogP contribution in [0.3, 0.4) is 0 Å². The average Bonchev–Trinajstić information content (AvgIpc) is 2.68. The Balaban J connectivity index is 1.77. The number of aliphatic imine (C=N–C) groups is 1. The summed E-state index contributed by atoms with van der Waals surface area (Å²) >= 11 is 0. The lowest BCUT2D eigenvalue weighted by molar-refractivity contribution is -0.385. The van der Waals surface area contributed by atoms with E-state index in [1.165, 1.54) is 65.8 Å². The van der Waals surface area contributed by atoms with Gasteiger partial charge in [0.05, 0.1) is 9.85 Å². The van der Waals surface area contributed by atoms with Gasteiger partial charge in [-0.25, -0.2) is 4.79 Å². The largest absolute Gasteiger partial charge is 0.421 e. The number of benzene rings is 2. The number of nitro groups is 2. The summed E-state index contributed by atoms with van der Waals surface area (Å²) in [7, 11) is 0. The standard InChI is InChI=1S/C17H12N4O6/c22-17(27-15-8-6-14(7-9-15)21(25)26)19-11-1-10-18-16(19)12-2-4-13(5-3-12)20(23)24/h1-11,16H. The number of hydrogen-bond donors (Lipinski definition) is 0. The van der Waals surface area contributed by atoms with E-state index < -0.39 is 22.1 Å². The lowest BCUT2D eigenvalue weighted by Crippen LogP contribution is -2.33. The topological polar surface area (TPSA) is 128 Å². The van der Waals surface area contributed by atoms with Crippen LogP contribution < -0.4 is 4.74 Å². The second kappa shape index (κ2) is 7.44. The second-order valence-electron chi connectivity index (χ2n) is 5.39. The van der Waals surface area contributed by atoms with Gasteiger partial charge in [-0.05, 0) is 35.9 Å². The number of allylic oxidation sites excluding steroid dienone is 1. The molecule has 1 aliphatic heterocycles. The van der Waals surface area contributed by atoms with Gasteiger partial charge in [0.25, 0.3) is 11.4 Å². The van der Waals surface area contributed by atoms with Crippen molar-refractivity contribution in [2.45, 2.75) is 6.17 Å². The summed E-state index contributed by atoms with van der Waals surface area (Å²) in [6.07, 6.45) is 3.01. The zero-order valence-electron chi connectivity index (χ0n) is 13.7. The van der Waals surface area contributed by atoms with Crippen molar-refractivity contribution in [2.75, 3.05) is 0 Å². The minimum atomic E-state index is -0.750. The Morgan fingerprint density at radius 2 is 1.52 bits per heavy atom. The Morgan fingerprint density at radius 1 is 0.963 bits per heavy atom. The summed E-state index contributed by atoms with van der Waals surface area (Å²) in [6.45, 7) is 0. The van der Waals surface area contributed by atoms with Gasteiger partial charge in [-0.3, -0.25) is 30.1 Å². The molecule has 0 fully saturated rings. The van der Waals surface area contributed by atoms with Gasteiger partial charge in [0, 0.05) is 36.7 Å². The fourth-order valence-electron chi connectivity index (χ4n) is 2.38. The van der Waals surface area contributed by atoms with E-state index >= 15 is 0 Å². The SMILES string of the molecule is O=C(Oc1ccc([N+](=O)[O-])cc1)N1C=CC=NC1c1ccc([N+](=O)[O-])cc1. The van der Waals surface area contributed by atoms with Crippen molar-refractivity contribution in [3.63, 3.8) is 0 Å². The van der Waals surface area contributed by atoms with E-state index in [4.69, 9.17) is 4.74 Å². The number of carbonyl (C=O) groups is 1. The number of hydrogen-bond acceptors (Lipinski definition) is 7. The Labute approximate surface area is 152 Å². The number of carbonyl (C=O) groups excluding carboxylic acids is 1. The van der Waals surface area contributed by atoms with Gasteiger partial charge in [0.15, 0.2) is 6.17 Å². The lowest BCUT2D eigenvalue weighted by atomic mass is 10.1. The molecule has 27 heavy (non-hydrogen) atoms. The van der Waals surface area contributed by atoms with E-state index in [0.717, 1.165) is 0 Å². The van der Waals surface area contributed by atoms with Crippen molar-refractivity contribution in [1.29, 1.82) is 0 Å². The van der Waals surface area contributed by atoms with Crippen molar-refractivity contribution in [1.82, 2.24) is 4.90 Å². The molecule has 136 valence electrons. The van der Waals surface area contributed by atoms with E-state index in [9.17, 15) is 25.0 Å². The molecule has 0 spiro atoms. The Kier molecular flexibility index (Phi) is 4.88. The predicted octanol–water partition coefficient (Wildman–Crippen LogP) is 3.60. The molecule has 0 saturated carbocycles. The molecular formula is C17H12N4O6. The van der Waals surface area contributed by atoms with Gasteiger partial charge in [0.2, 0.25) is 0 Å². The van der Waals surface area contributed by atoms with Crippen LogP contribution in [0.1, 0.15) is 11.7 Å². The maximum Gasteiger partial charge on any atom is 0.421 e. The minimum absolute atomic E-state index is 0.0749. The lowest BCUT2D eigenvalue weighted by Gasteiger charge is -2.27. The second-order valence-corrected chi connectivity index (χ2v) is 5.39. The highest BCUT2D eigenvalue weighted by Gasteiger charge is 2.26. The van der Waals surface area contributed by atoms with Crippen LogP contribution in [0.5, 0.6) is 5.75 Å². The highest BCUT2D eigenvalue weighted by molar-refractivity contribution is 5.78. The fraction of sp³-hybridized carbons (Fsp3) is 0.0588. The Morgan fingerprint density at radius 3 is 2.07 bits per heavy atom. The number of nitrogens with zero attached hydrogens (tertiary/aromatic N) is 4. The van der Waals surface area contributed by atoms with Gasteiger partial charge >= 0.3 is 6.09 Å². The van der Waals surface area contributed by atoms with Crippen molar-refractivity contribution < 1.29 is 19.4 Å². The molecule has 0 aliphatic carbocycles. The fourth-order valence-corrected chi connectivity index (χ4v) is 2.38. The molecule has 0 bridgehead atoms. The zero-order valence-corrected chi connectivity index (χ0v) is 13.7. The van der Waals surface area contributed by atoms with Gasteiger partial charge in [-0.2, -0.15) is 0 Å². The van der Waals surface area contributed by atoms with E-state index in [1.54, 1.807) is 6.08 Å². The molecule has 10 nitrogen and oxygen atoms in total. The maximum absolute atomic E-state index is 12.5. The summed E-state index contributed by atoms with van der Waals surface area (Å²) < 4.78 is 5.23. The predicted molar refractivity (Wildman–Crippen MR) is 94.4 cm³/mol. The summed E-state index contributed by atoms with van der Waals surface area (Å²) in [6, 6.07) is 10.7. The molecule has 2 aromatic rings. The van der Waals surface area contributed by atoms with Crippen LogP contribution in [0, 0.1) is 20.2 Å². The molecule has 0 radical (unpaired) electrons. The molecule has 10 heteroatoms. The number of amides is 1. The van der Waals surface area contributed by atoms with Crippen LogP contribution in [0.15, 0.2) is 65.8 Å². The molecule has 1 aliphatic rings. The van der Waals surface area contributed by atoms with Crippen molar-refractivity contribution in [3.05, 3.63) is 86.6 Å². The van der Waals surface area contributed by atoms with E-state index in [0.29, 0.717) is 5.56 Å². The van der Waals surface area contributed by atoms with Crippen LogP contribution in [0.4, 0.5) is 16.2 Å². The third kappa shape index (κ3) is 3.95. The average molecular weight is 368 g/mol. The smallest absolute Gasteiger partial charge is 0.410 e. The van der Waals surface area contributed by atoms with Crippen LogP contribution in [0.2, 0.25) is 0 Å². The molecule has 0 saturated heterocycles. The van der Waals surface area contributed by atoms with Gasteiger partial charge < -0.3 is 4.74 Å². The number of ether oxygens (including phenoxy) is 1. The normalized spacial score (nSPS) is 15.4.